The molecule has 0 rings (SSSR count). The standard InChI is InChI=1S/C13H28.C5H8O.H2O/c1-3-5-7-9-11-13-12-10-8-6-4-2;1-2-3-4-5-6;/h3-13H2,1-2H3;4H,2-3H2,1H3;1H2. The minimum Gasteiger partial charge on any atom is -0.412 e. The summed E-state index contributed by atoms with van der Waals surface area (Å²) in [5.74, 6) is 1.69. The van der Waals surface area contributed by atoms with Gasteiger partial charge in [0.15, 0.2) is 0 Å². The van der Waals surface area contributed by atoms with Crippen LogP contribution in [0, 0.1) is 0 Å². The summed E-state index contributed by atoms with van der Waals surface area (Å²) in [6.45, 7) is 6.59. The smallest absolute Gasteiger partial charge is 0.120 e. The Labute approximate surface area is 127 Å². The van der Waals surface area contributed by atoms with E-state index in [4.69, 9.17) is 0 Å². The number of hydrogen-bond donors (Lipinski definition) is 0. The minimum absolute atomic E-state index is 0. The first-order valence-corrected chi connectivity index (χ1v) is 8.52. The number of hydrogen-bond acceptors (Lipinski definition) is 1. The summed E-state index contributed by atoms with van der Waals surface area (Å²) in [5, 5.41) is 0. The van der Waals surface area contributed by atoms with Crippen molar-refractivity contribution in [2.45, 2.75) is 104 Å². The Morgan fingerprint density at radius 2 is 1.00 bits per heavy atom. The molecule has 0 aliphatic rings. The van der Waals surface area contributed by atoms with Gasteiger partial charge in [-0.1, -0.05) is 97.8 Å². The first-order chi connectivity index (χ1) is 9.33. The van der Waals surface area contributed by atoms with Crippen molar-refractivity contribution in [1.29, 1.82) is 0 Å². The van der Waals surface area contributed by atoms with E-state index in [0.717, 1.165) is 12.8 Å². The van der Waals surface area contributed by atoms with Crippen LogP contribution in [-0.4, -0.2) is 11.4 Å². The molecule has 0 aliphatic carbocycles. The van der Waals surface area contributed by atoms with Crippen LogP contribution in [0.3, 0.4) is 0 Å². The third kappa shape index (κ3) is 30.4. The van der Waals surface area contributed by atoms with Crippen molar-refractivity contribution >= 4 is 5.94 Å². The summed E-state index contributed by atoms with van der Waals surface area (Å²) in [7, 11) is 0. The normalized spacial score (nSPS) is 8.95. The van der Waals surface area contributed by atoms with E-state index in [1.54, 1.807) is 5.94 Å². The predicted octanol–water partition coefficient (Wildman–Crippen LogP) is 5.67. The van der Waals surface area contributed by atoms with Crippen LogP contribution in [0.1, 0.15) is 104 Å². The molecule has 2 heteroatoms. The summed E-state index contributed by atoms with van der Waals surface area (Å²) in [4.78, 5) is 9.38. The monoisotopic (exact) mass is 286 g/mol. The third-order valence-electron chi connectivity index (χ3n) is 3.22. The van der Waals surface area contributed by atoms with Gasteiger partial charge in [0.1, 0.15) is 5.94 Å². The molecule has 122 valence electrons. The van der Waals surface area contributed by atoms with Crippen LogP contribution in [0.15, 0.2) is 6.08 Å². The van der Waals surface area contributed by atoms with Crippen LogP contribution in [0.5, 0.6) is 0 Å². The molecular weight excluding hydrogens is 248 g/mol. The molecule has 0 radical (unpaired) electrons. The average molecular weight is 286 g/mol. The van der Waals surface area contributed by atoms with Gasteiger partial charge in [-0.3, -0.25) is 0 Å². The van der Waals surface area contributed by atoms with Gasteiger partial charge in [0, 0.05) is 0 Å². The van der Waals surface area contributed by atoms with Gasteiger partial charge in [-0.05, 0) is 12.5 Å². The lowest BCUT2D eigenvalue weighted by molar-refractivity contribution is 0.554. The lowest BCUT2D eigenvalue weighted by atomic mass is 10.1. The Balaban J connectivity index is -0.000000352. The molecule has 0 amide bonds. The van der Waals surface area contributed by atoms with E-state index in [-0.39, 0.29) is 5.48 Å². The summed E-state index contributed by atoms with van der Waals surface area (Å²) in [6.07, 6.45) is 19.3. The molecule has 2 N–H and O–H groups in total. The molecule has 0 atom stereocenters. The molecule has 0 aromatic heterocycles. The first kappa shape index (κ1) is 24.4. The van der Waals surface area contributed by atoms with Crippen molar-refractivity contribution in [3.8, 4) is 0 Å². The maximum absolute atomic E-state index is 9.38. The van der Waals surface area contributed by atoms with E-state index >= 15 is 0 Å². The second-order valence-corrected chi connectivity index (χ2v) is 5.29. The molecule has 0 saturated carbocycles. The average Bonchev–Trinajstić information content (AvgIpc) is 2.44. The highest BCUT2D eigenvalue weighted by Gasteiger charge is 1.90. The van der Waals surface area contributed by atoms with Crippen molar-refractivity contribution in [1.82, 2.24) is 0 Å². The number of unbranched alkanes of at least 4 members (excludes halogenated alkanes) is 11. The highest BCUT2D eigenvalue weighted by molar-refractivity contribution is 5.44. The maximum atomic E-state index is 9.38. The van der Waals surface area contributed by atoms with Crippen LogP contribution in [0.25, 0.3) is 0 Å². The fraction of sp³-hybridized carbons (Fsp3) is 0.889. The van der Waals surface area contributed by atoms with Crippen molar-refractivity contribution < 1.29 is 10.3 Å². The van der Waals surface area contributed by atoms with Crippen molar-refractivity contribution in [3.63, 3.8) is 0 Å². The Hall–Kier alpha value is -0.590. The number of allylic oxidation sites excluding steroid dienone is 1. The van der Waals surface area contributed by atoms with Gasteiger partial charge < -0.3 is 5.48 Å². The second-order valence-electron chi connectivity index (χ2n) is 5.29. The molecule has 0 heterocycles. The molecule has 0 spiro atoms. The van der Waals surface area contributed by atoms with E-state index in [1.807, 2.05) is 6.92 Å². The van der Waals surface area contributed by atoms with Gasteiger partial charge in [0.05, 0.1) is 0 Å². The quantitative estimate of drug-likeness (QED) is 0.337. The summed E-state index contributed by atoms with van der Waals surface area (Å²) >= 11 is 0. The molecule has 0 aromatic rings. The molecule has 0 bridgehead atoms. The van der Waals surface area contributed by atoms with Gasteiger partial charge >= 0.3 is 0 Å². The van der Waals surface area contributed by atoms with Gasteiger partial charge in [-0.25, -0.2) is 4.79 Å². The molecule has 0 fully saturated rings. The zero-order valence-corrected chi connectivity index (χ0v) is 14.2. The van der Waals surface area contributed by atoms with E-state index in [0.29, 0.717) is 0 Å². The zero-order valence-electron chi connectivity index (χ0n) is 14.2. The predicted molar refractivity (Wildman–Crippen MR) is 90.9 cm³/mol. The molecule has 0 aliphatic heterocycles. The molecular formula is C18H38O2. The molecule has 2 nitrogen and oxygen atoms in total. The van der Waals surface area contributed by atoms with Crippen LogP contribution in [0.2, 0.25) is 0 Å². The lowest BCUT2D eigenvalue weighted by Gasteiger charge is -2.00. The van der Waals surface area contributed by atoms with Crippen molar-refractivity contribution in [2.75, 3.05) is 0 Å². The van der Waals surface area contributed by atoms with Gasteiger partial charge in [0.25, 0.3) is 0 Å². The van der Waals surface area contributed by atoms with Crippen LogP contribution >= 0.6 is 0 Å². The van der Waals surface area contributed by atoms with E-state index in [1.165, 1.54) is 76.7 Å². The highest BCUT2D eigenvalue weighted by Crippen LogP contribution is 2.10. The fourth-order valence-corrected chi connectivity index (χ4v) is 1.94. The Kier molecular flexibility index (Phi) is 32.8. The van der Waals surface area contributed by atoms with Crippen molar-refractivity contribution in [2.24, 2.45) is 0 Å². The van der Waals surface area contributed by atoms with Gasteiger partial charge in [0.2, 0.25) is 0 Å². The Morgan fingerprint density at radius 1 is 0.650 bits per heavy atom. The SMILES string of the molecule is CCCC=C=O.CCCCCCCCCCCCC.O. The largest absolute Gasteiger partial charge is 0.412 e. The van der Waals surface area contributed by atoms with Crippen LogP contribution in [-0.2, 0) is 4.79 Å². The molecule has 0 aromatic carbocycles. The van der Waals surface area contributed by atoms with E-state index in [9.17, 15) is 4.79 Å². The fourth-order valence-electron chi connectivity index (χ4n) is 1.94. The number of rotatable bonds is 12. The lowest BCUT2D eigenvalue weighted by Crippen LogP contribution is -1.80. The minimum atomic E-state index is 0. The molecule has 20 heavy (non-hydrogen) atoms. The Bertz CT molecular complexity index is 174. The zero-order chi connectivity index (χ0) is 14.6. The van der Waals surface area contributed by atoms with E-state index < -0.39 is 0 Å². The van der Waals surface area contributed by atoms with Crippen molar-refractivity contribution in [3.05, 3.63) is 6.08 Å². The first-order valence-electron chi connectivity index (χ1n) is 8.52. The summed E-state index contributed by atoms with van der Waals surface area (Å²) in [6, 6.07) is 0. The van der Waals surface area contributed by atoms with Crippen LogP contribution < -0.4 is 0 Å². The highest BCUT2D eigenvalue weighted by atomic mass is 16.1. The maximum Gasteiger partial charge on any atom is 0.120 e. The second kappa shape index (κ2) is 26.9. The Morgan fingerprint density at radius 3 is 1.20 bits per heavy atom. The van der Waals surface area contributed by atoms with Gasteiger partial charge in [-0.2, -0.15) is 0 Å². The number of carbonyl (C=O) groups excluding carboxylic acids is 1. The van der Waals surface area contributed by atoms with E-state index in [2.05, 4.69) is 13.8 Å². The topological polar surface area (TPSA) is 48.6 Å². The molecule has 0 saturated heterocycles. The van der Waals surface area contributed by atoms with Gasteiger partial charge in [-0.15, -0.1) is 0 Å². The summed E-state index contributed by atoms with van der Waals surface area (Å²) in [5.41, 5.74) is 0. The van der Waals surface area contributed by atoms with Crippen LogP contribution in [0.4, 0.5) is 0 Å². The summed E-state index contributed by atoms with van der Waals surface area (Å²) < 4.78 is 0. The third-order valence-corrected chi connectivity index (χ3v) is 3.22. The molecule has 0 unspecified atom stereocenters.